The molecule has 2 aliphatic heterocycles. The lowest BCUT2D eigenvalue weighted by molar-refractivity contribution is -0.384. The highest BCUT2D eigenvalue weighted by Crippen LogP contribution is 2.31. The van der Waals surface area contributed by atoms with Gasteiger partial charge in [-0.15, -0.1) is 0 Å². The third-order valence-electron chi connectivity index (χ3n) is 5.42. The minimum atomic E-state index is -0.390. The second-order valence-electron chi connectivity index (χ2n) is 7.50. The maximum Gasteiger partial charge on any atom is 0.293 e. The number of nitro benzene ring substituents is 1. The summed E-state index contributed by atoms with van der Waals surface area (Å²) < 4.78 is 0. The van der Waals surface area contributed by atoms with Gasteiger partial charge < -0.3 is 9.80 Å². The molecule has 1 aromatic rings. The summed E-state index contributed by atoms with van der Waals surface area (Å²) in [6.07, 6.45) is 5.44. The largest absolute Gasteiger partial charge is 0.375 e. The van der Waals surface area contributed by atoms with Crippen molar-refractivity contribution in [1.82, 2.24) is 9.80 Å². The molecule has 27 heavy (non-hydrogen) atoms. The smallest absolute Gasteiger partial charge is 0.293 e. The van der Waals surface area contributed by atoms with Crippen molar-refractivity contribution >= 4 is 17.2 Å². The average Bonchev–Trinajstić information content (AvgIpc) is 3.20. The van der Waals surface area contributed by atoms with E-state index in [1.165, 1.54) is 12.1 Å². The Morgan fingerprint density at radius 1 is 1.11 bits per heavy atom. The molecule has 0 aromatic heterocycles. The van der Waals surface area contributed by atoms with Crippen molar-refractivity contribution < 1.29 is 9.72 Å². The van der Waals surface area contributed by atoms with Gasteiger partial charge >= 0.3 is 0 Å². The molecule has 2 fully saturated rings. The van der Waals surface area contributed by atoms with Crippen LogP contribution in [0.2, 0.25) is 0 Å². The van der Waals surface area contributed by atoms with Crippen LogP contribution in [-0.2, 0) is 0 Å². The fourth-order valence-electron chi connectivity index (χ4n) is 3.72. The van der Waals surface area contributed by atoms with Crippen LogP contribution in [0, 0.1) is 10.1 Å². The number of nitrogens with zero attached hydrogens (tertiary/aromatic N) is 4. The standard InChI is InChI=1S/C20H28N4O3/c1-16(2)22-13-11-21(12-14-22)10-7-20(25)17-5-6-18(19(15-17)24(26)27)23-8-3-4-9-23/h5-7,10,15-16H,3-4,8-9,11-14H2,1-2H3. The summed E-state index contributed by atoms with van der Waals surface area (Å²) in [7, 11) is 0. The van der Waals surface area contributed by atoms with Crippen LogP contribution in [0.25, 0.3) is 0 Å². The summed E-state index contributed by atoms with van der Waals surface area (Å²) in [6.45, 7) is 9.76. The number of nitro groups is 1. The van der Waals surface area contributed by atoms with Crippen molar-refractivity contribution in [3.63, 3.8) is 0 Å². The van der Waals surface area contributed by atoms with E-state index in [0.717, 1.165) is 52.1 Å². The van der Waals surface area contributed by atoms with E-state index in [2.05, 4.69) is 23.6 Å². The van der Waals surface area contributed by atoms with E-state index in [4.69, 9.17) is 0 Å². The normalized spacial score (nSPS) is 18.6. The SMILES string of the molecule is CC(C)N1CCN(C=CC(=O)c2ccc(N3CCCC3)c([N+](=O)[O-])c2)CC1. The summed E-state index contributed by atoms with van der Waals surface area (Å²) >= 11 is 0. The number of ketones is 1. The van der Waals surface area contributed by atoms with Crippen molar-refractivity contribution in [1.29, 1.82) is 0 Å². The molecule has 0 bridgehead atoms. The van der Waals surface area contributed by atoms with E-state index in [9.17, 15) is 14.9 Å². The highest BCUT2D eigenvalue weighted by atomic mass is 16.6. The first-order valence-corrected chi connectivity index (χ1v) is 9.69. The van der Waals surface area contributed by atoms with Gasteiger partial charge in [0.15, 0.2) is 5.78 Å². The number of carbonyl (C=O) groups excluding carboxylic acids is 1. The molecule has 2 heterocycles. The molecule has 0 atom stereocenters. The van der Waals surface area contributed by atoms with Gasteiger partial charge in [0.05, 0.1) is 4.92 Å². The Morgan fingerprint density at radius 3 is 2.37 bits per heavy atom. The van der Waals surface area contributed by atoms with Crippen LogP contribution in [0.4, 0.5) is 11.4 Å². The van der Waals surface area contributed by atoms with Crippen molar-refractivity contribution in [2.75, 3.05) is 44.2 Å². The highest BCUT2D eigenvalue weighted by molar-refractivity contribution is 6.05. The van der Waals surface area contributed by atoms with Crippen molar-refractivity contribution in [2.24, 2.45) is 0 Å². The zero-order valence-electron chi connectivity index (χ0n) is 16.1. The van der Waals surface area contributed by atoms with Crippen LogP contribution in [-0.4, -0.2) is 65.8 Å². The molecule has 0 radical (unpaired) electrons. The molecule has 0 unspecified atom stereocenters. The van der Waals surface area contributed by atoms with Crippen LogP contribution in [0.5, 0.6) is 0 Å². The topological polar surface area (TPSA) is 69.9 Å². The number of hydrogen-bond donors (Lipinski definition) is 0. The molecular weight excluding hydrogens is 344 g/mol. The number of hydrogen-bond acceptors (Lipinski definition) is 6. The molecule has 7 heteroatoms. The number of benzene rings is 1. The molecule has 1 aromatic carbocycles. The number of allylic oxidation sites excluding steroid dienone is 1. The first-order valence-electron chi connectivity index (χ1n) is 9.69. The Morgan fingerprint density at radius 2 is 1.78 bits per heavy atom. The molecule has 0 spiro atoms. The second kappa shape index (κ2) is 8.52. The van der Waals surface area contributed by atoms with Crippen LogP contribution in [0.1, 0.15) is 37.0 Å². The van der Waals surface area contributed by atoms with Crippen molar-refractivity contribution in [3.05, 3.63) is 46.2 Å². The lowest BCUT2D eigenvalue weighted by atomic mass is 10.1. The van der Waals surface area contributed by atoms with Gasteiger partial charge in [-0.1, -0.05) is 0 Å². The van der Waals surface area contributed by atoms with Crippen LogP contribution in [0.15, 0.2) is 30.5 Å². The molecule has 146 valence electrons. The van der Waals surface area contributed by atoms with Crippen molar-refractivity contribution in [3.8, 4) is 0 Å². The molecule has 0 saturated carbocycles. The molecule has 3 rings (SSSR count). The van der Waals surface area contributed by atoms with Gasteiger partial charge in [0.1, 0.15) is 5.69 Å². The van der Waals surface area contributed by atoms with Crippen LogP contribution >= 0.6 is 0 Å². The van der Waals surface area contributed by atoms with E-state index in [-0.39, 0.29) is 16.4 Å². The summed E-state index contributed by atoms with van der Waals surface area (Å²) in [6, 6.07) is 5.36. The highest BCUT2D eigenvalue weighted by Gasteiger charge is 2.23. The van der Waals surface area contributed by atoms with Gasteiger partial charge in [-0.05, 0) is 38.8 Å². The van der Waals surface area contributed by atoms with E-state index >= 15 is 0 Å². The van der Waals surface area contributed by atoms with Gasteiger partial charge in [-0.25, -0.2) is 0 Å². The van der Waals surface area contributed by atoms with Crippen LogP contribution < -0.4 is 4.90 Å². The Kier molecular flexibility index (Phi) is 6.11. The molecule has 0 amide bonds. The van der Waals surface area contributed by atoms with Gasteiger partial charge in [-0.3, -0.25) is 19.8 Å². The fraction of sp³-hybridized carbons (Fsp3) is 0.550. The number of anilines is 1. The predicted molar refractivity (Wildman–Crippen MR) is 106 cm³/mol. The first-order chi connectivity index (χ1) is 13.0. The lowest BCUT2D eigenvalue weighted by Crippen LogP contribution is -2.46. The van der Waals surface area contributed by atoms with Gasteiger partial charge in [-0.2, -0.15) is 0 Å². The first kappa shape index (κ1) is 19.4. The van der Waals surface area contributed by atoms with Gasteiger partial charge in [0.2, 0.25) is 0 Å². The van der Waals surface area contributed by atoms with Gasteiger partial charge in [0, 0.05) is 69.2 Å². The predicted octanol–water partition coefficient (Wildman–Crippen LogP) is 2.92. The quantitative estimate of drug-likeness (QED) is 0.331. The molecule has 2 saturated heterocycles. The van der Waals surface area contributed by atoms with E-state index < -0.39 is 0 Å². The molecular formula is C20H28N4O3. The summed E-state index contributed by atoms with van der Waals surface area (Å²) in [5.41, 5.74) is 0.992. The van der Waals surface area contributed by atoms with Crippen molar-refractivity contribution in [2.45, 2.75) is 32.7 Å². The maximum absolute atomic E-state index is 12.5. The summed E-state index contributed by atoms with van der Waals surface area (Å²) in [5, 5.41) is 11.5. The van der Waals surface area contributed by atoms with E-state index in [0.29, 0.717) is 17.3 Å². The molecule has 7 nitrogen and oxygen atoms in total. The third-order valence-corrected chi connectivity index (χ3v) is 5.42. The zero-order valence-corrected chi connectivity index (χ0v) is 16.1. The minimum Gasteiger partial charge on any atom is -0.375 e. The number of carbonyl (C=O) groups is 1. The molecule has 0 aliphatic carbocycles. The molecule has 0 N–H and O–H groups in total. The lowest BCUT2D eigenvalue weighted by Gasteiger charge is -2.36. The second-order valence-corrected chi connectivity index (χ2v) is 7.50. The summed E-state index contributed by atoms with van der Waals surface area (Å²) in [5.74, 6) is -0.197. The Labute approximate surface area is 160 Å². The number of piperazine rings is 1. The number of rotatable bonds is 6. The zero-order chi connectivity index (χ0) is 19.4. The minimum absolute atomic E-state index is 0.0155. The van der Waals surface area contributed by atoms with Crippen LogP contribution in [0.3, 0.4) is 0 Å². The average molecular weight is 372 g/mol. The van der Waals surface area contributed by atoms with Gasteiger partial charge in [0.25, 0.3) is 5.69 Å². The Hall–Kier alpha value is -2.41. The Bertz CT molecular complexity index is 718. The monoisotopic (exact) mass is 372 g/mol. The summed E-state index contributed by atoms with van der Waals surface area (Å²) in [4.78, 5) is 30.2. The van der Waals surface area contributed by atoms with E-state index in [1.807, 2.05) is 11.1 Å². The third kappa shape index (κ3) is 4.66. The molecule has 2 aliphatic rings. The van der Waals surface area contributed by atoms with E-state index in [1.54, 1.807) is 12.1 Å². The fourth-order valence-corrected chi connectivity index (χ4v) is 3.72. The maximum atomic E-state index is 12.5. The Balaban J connectivity index is 1.68.